The van der Waals surface area contributed by atoms with Crippen molar-refractivity contribution >= 4 is 12.6 Å². The lowest BCUT2D eigenvalue weighted by Crippen LogP contribution is -2.56. The number of likely N-dealkylation sites (N-methyl/N-ethyl adjacent to an activating group) is 1. The summed E-state index contributed by atoms with van der Waals surface area (Å²) >= 11 is 4.02. The predicted molar refractivity (Wildman–Crippen MR) is 85.8 cm³/mol. The molecule has 1 aromatic carbocycles. The molecule has 7 heteroatoms. The fraction of sp³-hybridized carbons (Fsp3) is 0.600. The number of alkyl halides is 3. The molecule has 2 rings (SSSR count). The van der Waals surface area contributed by atoms with Gasteiger partial charge in [0.2, 0.25) is 0 Å². The molecule has 1 atom stereocenters. The van der Waals surface area contributed by atoms with Crippen LogP contribution in [0.3, 0.4) is 0 Å². The quantitative estimate of drug-likeness (QED) is 0.598. The number of thiol groups is 1. The Hall–Kier alpha value is -0.790. The number of halogens is 4. The second kappa shape index (κ2) is 10.9. The molecule has 128 valence electrons. The average molecular weight is 340 g/mol. The third-order valence-corrected chi connectivity index (χ3v) is 3.35. The van der Waals surface area contributed by atoms with Crippen molar-refractivity contribution in [2.24, 2.45) is 0 Å². The summed E-state index contributed by atoms with van der Waals surface area (Å²) in [7, 11) is 1.50. The highest BCUT2D eigenvalue weighted by Gasteiger charge is 2.42. The monoisotopic (exact) mass is 340 g/mol. The number of benzene rings is 1. The number of nitrogens with zero attached hydrogens (tertiary/aromatic N) is 1. The zero-order valence-corrected chi connectivity index (χ0v) is 14.0. The molecule has 1 heterocycles. The van der Waals surface area contributed by atoms with Crippen LogP contribution in [0.25, 0.3) is 0 Å². The van der Waals surface area contributed by atoms with E-state index in [0.717, 1.165) is 5.56 Å². The first-order valence-corrected chi connectivity index (χ1v) is 7.81. The van der Waals surface area contributed by atoms with E-state index in [2.05, 4.69) is 17.9 Å². The molecule has 1 aliphatic rings. The number of hydrogen-bond donors (Lipinski definition) is 2. The topological polar surface area (TPSA) is 15.3 Å². The Kier molecular flexibility index (Phi) is 10.5. The molecule has 1 fully saturated rings. The summed E-state index contributed by atoms with van der Waals surface area (Å²) in [5, 5.41) is 2.71. The maximum absolute atomic E-state index is 12.2. The zero-order chi connectivity index (χ0) is 17.2. The second-order valence-corrected chi connectivity index (χ2v) is 4.84. The number of hydrogen-bond acceptors (Lipinski definition) is 3. The minimum atomic E-state index is -4.10. The van der Waals surface area contributed by atoms with Crippen LogP contribution in [0.15, 0.2) is 24.3 Å². The van der Waals surface area contributed by atoms with E-state index in [1.807, 2.05) is 13.8 Å². The maximum atomic E-state index is 12.2. The first-order chi connectivity index (χ1) is 10.3. The summed E-state index contributed by atoms with van der Waals surface area (Å²) in [5.74, 6) is 0.473. The van der Waals surface area contributed by atoms with Crippen molar-refractivity contribution in [3.8, 4) is 0 Å². The van der Waals surface area contributed by atoms with Crippen LogP contribution < -0.4 is 5.32 Å². The molecular weight excluding hydrogens is 316 g/mol. The van der Waals surface area contributed by atoms with Crippen molar-refractivity contribution in [1.29, 1.82) is 0 Å². The van der Waals surface area contributed by atoms with E-state index >= 15 is 0 Å². The highest BCUT2D eigenvalue weighted by Crippen LogP contribution is 2.24. The number of piperazine rings is 1. The largest absolute Gasteiger partial charge is 0.405 e. The lowest BCUT2D eigenvalue weighted by Gasteiger charge is -2.34. The van der Waals surface area contributed by atoms with Crippen LogP contribution in [0.2, 0.25) is 0 Å². The van der Waals surface area contributed by atoms with Crippen molar-refractivity contribution in [3.05, 3.63) is 35.6 Å². The first kappa shape index (κ1) is 21.2. The van der Waals surface area contributed by atoms with Gasteiger partial charge in [-0.1, -0.05) is 26.0 Å². The van der Waals surface area contributed by atoms with Gasteiger partial charge in [0.05, 0.1) is 0 Å². The smallest absolute Gasteiger partial charge is 0.314 e. The molecule has 1 saturated heterocycles. The van der Waals surface area contributed by atoms with Crippen LogP contribution in [-0.4, -0.2) is 43.8 Å². The average Bonchev–Trinajstić information content (AvgIpc) is 2.50. The van der Waals surface area contributed by atoms with Crippen molar-refractivity contribution in [3.63, 3.8) is 0 Å². The normalized spacial score (nSPS) is 18.6. The fourth-order valence-electron chi connectivity index (χ4n) is 1.76. The molecule has 0 amide bonds. The van der Waals surface area contributed by atoms with Gasteiger partial charge in [-0.25, -0.2) is 4.39 Å². The van der Waals surface area contributed by atoms with Crippen LogP contribution in [0.4, 0.5) is 17.6 Å². The predicted octanol–water partition coefficient (Wildman–Crippen LogP) is 3.73. The van der Waals surface area contributed by atoms with Gasteiger partial charge in [0.1, 0.15) is 11.9 Å². The van der Waals surface area contributed by atoms with Crippen LogP contribution in [0.5, 0.6) is 0 Å². The van der Waals surface area contributed by atoms with E-state index in [4.69, 9.17) is 0 Å². The van der Waals surface area contributed by atoms with Crippen LogP contribution in [0, 0.1) is 5.82 Å². The van der Waals surface area contributed by atoms with Crippen molar-refractivity contribution in [2.75, 3.05) is 26.7 Å². The van der Waals surface area contributed by atoms with Gasteiger partial charge in [0.25, 0.3) is 0 Å². The lowest BCUT2D eigenvalue weighted by molar-refractivity contribution is -0.183. The molecule has 1 aliphatic heterocycles. The van der Waals surface area contributed by atoms with Gasteiger partial charge in [0.15, 0.2) is 0 Å². The van der Waals surface area contributed by atoms with Crippen molar-refractivity contribution in [1.82, 2.24) is 10.2 Å². The van der Waals surface area contributed by atoms with Crippen LogP contribution in [-0.2, 0) is 5.75 Å². The van der Waals surface area contributed by atoms with Crippen molar-refractivity contribution in [2.45, 2.75) is 31.8 Å². The minimum absolute atomic E-state index is 0.0139. The van der Waals surface area contributed by atoms with Gasteiger partial charge >= 0.3 is 6.18 Å². The standard InChI is InChI=1S/C7H7FS.C6H11F3N2.C2H6/c8-7-3-1-6(5-9)2-4-7;1-11-3-2-10-4-5(11)6(7,8)9;1-2/h1-4,9H,5H2;5,10H,2-4H2,1H3;1-2H3. The minimum Gasteiger partial charge on any atom is -0.314 e. The van der Waals surface area contributed by atoms with Crippen LogP contribution >= 0.6 is 12.6 Å². The SMILES string of the molecule is CC.CN1CCNCC1C(F)(F)F.Fc1ccc(CS)cc1. The van der Waals surface area contributed by atoms with E-state index in [-0.39, 0.29) is 12.4 Å². The first-order valence-electron chi connectivity index (χ1n) is 7.17. The molecular formula is C15H24F4N2S. The van der Waals surface area contributed by atoms with Gasteiger partial charge in [-0.05, 0) is 24.7 Å². The van der Waals surface area contributed by atoms with E-state index < -0.39 is 12.2 Å². The third-order valence-electron chi connectivity index (χ3n) is 2.98. The van der Waals surface area contributed by atoms with Gasteiger partial charge in [-0.15, -0.1) is 0 Å². The molecule has 0 aliphatic carbocycles. The van der Waals surface area contributed by atoms with E-state index in [1.54, 1.807) is 12.1 Å². The maximum Gasteiger partial charge on any atom is 0.405 e. The number of rotatable bonds is 1. The Morgan fingerprint density at radius 1 is 1.23 bits per heavy atom. The molecule has 2 nitrogen and oxygen atoms in total. The highest BCUT2D eigenvalue weighted by molar-refractivity contribution is 7.79. The van der Waals surface area contributed by atoms with Gasteiger partial charge < -0.3 is 5.32 Å². The molecule has 22 heavy (non-hydrogen) atoms. The Morgan fingerprint density at radius 3 is 2.14 bits per heavy atom. The van der Waals surface area contributed by atoms with Gasteiger partial charge in [-0.3, -0.25) is 4.90 Å². The zero-order valence-electron chi connectivity index (χ0n) is 13.1. The van der Waals surface area contributed by atoms with Gasteiger partial charge in [0, 0.05) is 25.4 Å². The third kappa shape index (κ3) is 8.00. The Balaban J connectivity index is 0.000000366. The summed E-state index contributed by atoms with van der Waals surface area (Å²) < 4.78 is 48.5. The van der Waals surface area contributed by atoms with Crippen molar-refractivity contribution < 1.29 is 17.6 Å². The molecule has 0 saturated carbocycles. The van der Waals surface area contributed by atoms with E-state index in [9.17, 15) is 17.6 Å². The Morgan fingerprint density at radius 2 is 1.77 bits per heavy atom. The number of nitrogens with one attached hydrogen (secondary N) is 1. The van der Waals surface area contributed by atoms with Crippen LogP contribution in [0.1, 0.15) is 19.4 Å². The lowest BCUT2D eigenvalue weighted by atomic mass is 10.2. The molecule has 0 bridgehead atoms. The summed E-state index contributed by atoms with van der Waals surface area (Å²) in [4.78, 5) is 1.33. The molecule has 1 N–H and O–H groups in total. The summed E-state index contributed by atoms with van der Waals surface area (Å²) in [6, 6.07) is 5.01. The summed E-state index contributed by atoms with van der Waals surface area (Å²) in [6.07, 6.45) is -4.10. The fourth-order valence-corrected chi connectivity index (χ4v) is 1.97. The molecule has 0 aromatic heterocycles. The molecule has 1 unspecified atom stereocenters. The highest BCUT2D eigenvalue weighted by atomic mass is 32.1. The second-order valence-electron chi connectivity index (χ2n) is 4.53. The molecule has 0 spiro atoms. The summed E-state index contributed by atoms with van der Waals surface area (Å²) in [6.45, 7) is 5.12. The van der Waals surface area contributed by atoms with E-state index in [1.165, 1.54) is 24.1 Å². The molecule has 0 radical (unpaired) electrons. The molecule has 1 aromatic rings. The van der Waals surface area contributed by atoms with E-state index in [0.29, 0.717) is 18.8 Å². The Bertz CT molecular complexity index is 396. The Labute approximate surface area is 135 Å². The van der Waals surface area contributed by atoms with Gasteiger partial charge in [-0.2, -0.15) is 25.8 Å². The summed E-state index contributed by atoms with van der Waals surface area (Å²) in [5.41, 5.74) is 1.04.